The summed E-state index contributed by atoms with van der Waals surface area (Å²) in [5, 5.41) is 3.51. The Morgan fingerprint density at radius 1 is 1.00 bits per heavy atom. The van der Waals surface area contributed by atoms with E-state index in [2.05, 4.69) is 5.32 Å². The molecule has 0 saturated carbocycles. The molecule has 154 valence electrons. The highest BCUT2D eigenvalue weighted by Crippen LogP contribution is 2.23. The van der Waals surface area contributed by atoms with E-state index in [1.54, 1.807) is 49.5 Å². The molecule has 0 heterocycles. The number of nitrogens with one attached hydrogen (secondary N) is 1. The van der Waals surface area contributed by atoms with Crippen molar-refractivity contribution in [3.8, 4) is 5.75 Å². The number of rotatable bonds is 7. The second-order valence-electron chi connectivity index (χ2n) is 6.84. The molecule has 0 saturated heterocycles. The van der Waals surface area contributed by atoms with Crippen molar-refractivity contribution in [2.75, 3.05) is 18.6 Å². The van der Waals surface area contributed by atoms with E-state index in [1.165, 1.54) is 4.90 Å². The van der Waals surface area contributed by atoms with Crippen molar-refractivity contribution in [1.29, 1.82) is 0 Å². The molecule has 0 aromatic heterocycles. The Kier molecular flexibility index (Phi) is 7.09. The van der Waals surface area contributed by atoms with Gasteiger partial charge in [0.25, 0.3) is 11.8 Å². The van der Waals surface area contributed by atoms with Crippen LogP contribution in [0.2, 0.25) is 5.02 Å². The van der Waals surface area contributed by atoms with E-state index in [9.17, 15) is 9.59 Å². The van der Waals surface area contributed by atoms with Crippen LogP contribution in [0.4, 0.5) is 5.69 Å². The van der Waals surface area contributed by atoms with Crippen LogP contribution in [0.3, 0.4) is 0 Å². The number of benzene rings is 3. The summed E-state index contributed by atoms with van der Waals surface area (Å²) in [5.41, 5.74) is 2.79. The van der Waals surface area contributed by atoms with E-state index in [0.717, 1.165) is 11.1 Å². The van der Waals surface area contributed by atoms with Crippen molar-refractivity contribution in [3.63, 3.8) is 0 Å². The summed E-state index contributed by atoms with van der Waals surface area (Å²) in [7, 11) is 1.63. The van der Waals surface area contributed by atoms with E-state index < -0.39 is 0 Å². The molecule has 30 heavy (non-hydrogen) atoms. The lowest BCUT2D eigenvalue weighted by molar-refractivity contribution is -0.120. The van der Waals surface area contributed by atoms with E-state index in [0.29, 0.717) is 28.6 Å². The highest BCUT2D eigenvalue weighted by molar-refractivity contribution is 6.30. The van der Waals surface area contributed by atoms with Gasteiger partial charge in [0, 0.05) is 18.6 Å². The van der Waals surface area contributed by atoms with Gasteiger partial charge in [0.15, 0.2) is 6.61 Å². The van der Waals surface area contributed by atoms with Crippen LogP contribution in [-0.4, -0.2) is 25.5 Å². The van der Waals surface area contributed by atoms with Crippen molar-refractivity contribution in [1.82, 2.24) is 5.32 Å². The number of para-hydroxylation sites is 1. The van der Waals surface area contributed by atoms with Gasteiger partial charge in [-0.1, -0.05) is 54.1 Å². The largest absolute Gasteiger partial charge is 0.483 e. The molecule has 0 spiro atoms. The predicted molar refractivity (Wildman–Crippen MR) is 119 cm³/mol. The summed E-state index contributed by atoms with van der Waals surface area (Å²) >= 11 is 5.95. The summed E-state index contributed by atoms with van der Waals surface area (Å²) in [5.74, 6) is 0.0752. The molecule has 2 amide bonds. The maximum absolute atomic E-state index is 12.7. The second-order valence-corrected chi connectivity index (χ2v) is 7.27. The minimum atomic E-state index is -0.271. The van der Waals surface area contributed by atoms with Gasteiger partial charge < -0.3 is 15.0 Å². The molecule has 0 aliphatic rings. The van der Waals surface area contributed by atoms with Gasteiger partial charge in [0.1, 0.15) is 5.75 Å². The van der Waals surface area contributed by atoms with Gasteiger partial charge in [0.2, 0.25) is 0 Å². The third-order valence-corrected chi connectivity index (χ3v) is 4.90. The average Bonchev–Trinajstić information content (AvgIpc) is 2.77. The monoisotopic (exact) mass is 422 g/mol. The quantitative estimate of drug-likeness (QED) is 0.604. The van der Waals surface area contributed by atoms with Gasteiger partial charge in [-0.2, -0.15) is 0 Å². The second kappa shape index (κ2) is 9.94. The summed E-state index contributed by atoms with van der Waals surface area (Å²) < 4.78 is 5.65. The number of hydrogen-bond acceptors (Lipinski definition) is 3. The molecule has 0 radical (unpaired) electrons. The molecule has 6 heteroatoms. The SMILES string of the molecule is Cc1cc(Cl)ccc1OCC(=O)N(C)c1ccccc1C(=O)NCc1ccccc1. The van der Waals surface area contributed by atoms with Gasteiger partial charge in [-0.15, -0.1) is 0 Å². The lowest BCUT2D eigenvalue weighted by atomic mass is 10.1. The maximum atomic E-state index is 12.7. The fourth-order valence-electron chi connectivity index (χ4n) is 2.98. The van der Waals surface area contributed by atoms with Crippen LogP contribution < -0.4 is 15.0 Å². The van der Waals surface area contributed by atoms with Gasteiger partial charge in [-0.05, 0) is 48.4 Å². The van der Waals surface area contributed by atoms with Crippen molar-refractivity contribution in [2.24, 2.45) is 0 Å². The van der Waals surface area contributed by atoms with Crippen LogP contribution in [0.1, 0.15) is 21.5 Å². The lowest BCUT2D eigenvalue weighted by Crippen LogP contribution is -2.33. The Balaban J connectivity index is 1.67. The number of nitrogens with zero attached hydrogens (tertiary/aromatic N) is 1. The first-order valence-electron chi connectivity index (χ1n) is 9.52. The van der Waals surface area contributed by atoms with Gasteiger partial charge in [-0.25, -0.2) is 0 Å². The zero-order valence-electron chi connectivity index (χ0n) is 16.9. The molecular weight excluding hydrogens is 400 g/mol. The molecule has 0 bridgehead atoms. The number of carbonyl (C=O) groups is 2. The minimum Gasteiger partial charge on any atom is -0.483 e. The number of anilines is 1. The average molecular weight is 423 g/mol. The van der Waals surface area contributed by atoms with E-state index >= 15 is 0 Å². The number of carbonyl (C=O) groups excluding carboxylic acids is 2. The molecule has 3 rings (SSSR count). The normalized spacial score (nSPS) is 10.4. The molecule has 3 aromatic carbocycles. The first kappa shape index (κ1) is 21.4. The van der Waals surface area contributed by atoms with Gasteiger partial charge >= 0.3 is 0 Å². The lowest BCUT2D eigenvalue weighted by Gasteiger charge is -2.21. The molecule has 0 atom stereocenters. The Bertz CT molecular complexity index is 1040. The number of amides is 2. The zero-order chi connectivity index (χ0) is 21.5. The van der Waals surface area contributed by atoms with Crippen LogP contribution in [0.15, 0.2) is 72.8 Å². The predicted octanol–water partition coefficient (Wildman–Crippen LogP) is 4.62. The maximum Gasteiger partial charge on any atom is 0.264 e. The highest BCUT2D eigenvalue weighted by Gasteiger charge is 2.19. The van der Waals surface area contributed by atoms with E-state index in [4.69, 9.17) is 16.3 Å². The minimum absolute atomic E-state index is 0.154. The third-order valence-electron chi connectivity index (χ3n) is 4.67. The smallest absolute Gasteiger partial charge is 0.264 e. The van der Waals surface area contributed by atoms with Crippen LogP contribution in [0, 0.1) is 6.92 Å². The third kappa shape index (κ3) is 5.39. The Hall–Kier alpha value is -3.31. The summed E-state index contributed by atoms with van der Waals surface area (Å²) in [6, 6.07) is 21.9. The van der Waals surface area contributed by atoms with Gasteiger partial charge in [0.05, 0.1) is 11.3 Å². The standard InChI is InChI=1S/C24H23ClN2O3/c1-17-14-19(25)12-13-22(17)30-16-23(28)27(2)21-11-7-6-10-20(21)24(29)26-15-18-8-4-3-5-9-18/h3-14H,15-16H2,1-2H3,(H,26,29). The summed E-state index contributed by atoms with van der Waals surface area (Å²) in [6.07, 6.45) is 0. The molecule has 0 fully saturated rings. The molecule has 5 nitrogen and oxygen atoms in total. The first-order chi connectivity index (χ1) is 14.5. The highest BCUT2D eigenvalue weighted by atomic mass is 35.5. The van der Waals surface area contributed by atoms with Crippen LogP contribution in [0.25, 0.3) is 0 Å². The van der Waals surface area contributed by atoms with Crippen molar-refractivity contribution >= 4 is 29.1 Å². The van der Waals surface area contributed by atoms with E-state index in [1.807, 2.05) is 37.3 Å². The zero-order valence-corrected chi connectivity index (χ0v) is 17.6. The molecule has 3 aromatic rings. The number of likely N-dealkylation sites (N-methyl/N-ethyl adjacent to an activating group) is 1. The number of halogens is 1. The Morgan fingerprint density at radius 3 is 2.43 bits per heavy atom. The van der Waals surface area contributed by atoms with E-state index in [-0.39, 0.29) is 18.4 Å². The number of ether oxygens (including phenoxy) is 1. The van der Waals surface area contributed by atoms with Crippen molar-refractivity contribution in [2.45, 2.75) is 13.5 Å². The van der Waals surface area contributed by atoms with Crippen LogP contribution in [0.5, 0.6) is 5.75 Å². The summed E-state index contributed by atoms with van der Waals surface area (Å²) in [6.45, 7) is 2.12. The molecule has 0 unspecified atom stereocenters. The topological polar surface area (TPSA) is 58.6 Å². The van der Waals surface area contributed by atoms with Crippen LogP contribution in [-0.2, 0) is 11.3 Å². The molecule has 0 aliphatic heterocycles. The molecule has 1 N–H and O–H groups in total. The molecule has 0 aliphatic carbocycles. The number of aryl methyl sites for hydroxylation is 1. The van der Waals surface area contributed by atoms with Crippen molar-refractivity contribution in [3.05, 3.63) is 94.5 Å². The fourth-order valence-corrected chi connectivity index (χ4v) is 3.20. The Labute approximate surface area is 181 Å². The van der Waals surface area contributed by atoms with Crippen molar-refractivity contribution < 1.29 is 14.3 Å². The van der Waals surface area contributed by atoms with Crippen LogP contribution >= 0.6 is 11.6 Å². The Morgan fingerprint density at radius 2 is 1.70 bits per heavy atom. The summed E-state index contributed by atoms with van der Waals surface area (Å²) in [4.78, 5) is 26.9. The number of hydrogen-bond donors (Lipinski definition) is 1. The fraction of sp³-hybridized carbons (Fsp3) is 0.167. The first-order valence-corrected chi connectivity index (χ1v) is 9.90. The van der Waals surface area contributed by atoms with Gasteiger partial charge in [-0.3, -0.25) is 9.59 Å². The molecular formula is C24H23ClN2O3.